The Morgan fingerprint density at radius 3 is 2.67 bits per heavy atom. The second-order valence-corrected chi connectivity index (χ2v) is 1.15. The van der Waals surface area contributed by atoms with Gasteiger partial charge in [0.2, 0.25) is 0 Å². The maximum Gasteiger partial charge on any atom is 0.138 e. The number of hydrogen-bond donors (Lipinski definition) is 0. The molecule has 0 aromatic heterocycles. The highest BCUT2D eigenvalue weighted by molar-refractivity contribution is 6.52. The van der Waals surface area contributed by atoms with Crippen LogP contribution in [0.3, 0.4) is 0 Å². The third-order valence-corrected chi connectivity index (χ3v) is 0.590. The first-order chi connectivity index (χ1) is 2.91. The van der Waals surface area contributed by atoms with Gasteiger partial charge in [0.05, 0.1) is 0 Å². The van der Waals surface area contributed by atoms with Gasteiger partial charge in [0, 0.05) is 0 Å². The monoisotopic (exact) mass is 103 g/mol. The summed E-state index contributed by atoms with van der Waals surface area (Å²) >= 11 is 5.17. The van der Waals surface area contributed by atoms with E-state index in [1.54, 1.807) is 7.28 Å². The smallest absolute Gasteiger partial charge is 0.138 e. The van der Waals surface area contributed by atoms with E-state index in [4.69, 9.17) is 11.6 Å². The van der Waals surface area contributed by atoms with Gasteiger partial charge in [-0.1, -0.05) is 0 Å². The van der Waals surface area contributed by atoms with Gasteiger partial charge in [0.25, 0.3) is 0 Å². The van der Waals surface area contributed by atoms with Crippen LogP contribution in [0.1, 0.15) is 0 Å². The number of rotatable bonds is 3. The molecule has 0 aromatic rings. The van der Waals surface area contributed by atoms with Gasteiger partial charge in [-0.2, -0.15) is 0 Å². The molecule has 0 saturated heterocycles. The van der Waals surface area contributed by atoms with E-state index in [1.807, 2.05) is 0 Å². The van der Waals surface area contributed by atoms with Crippen molar-refractivity contribution in [3.8, 4) is 0 Å². The Bertz CT molecular complexity index is 39.8. The Morgan fingerprint density at radius 2 is 2.50 bits per heavy atom. The molecular weight excluding hydrogens is 98.3 g/mol. The standard InChI is InChI=1S/C3H5BClO/c5-3-4-1-2-6/h2H,1,3H2. The molecule has 0 heterocycles. The summed E-state index contributed by atoms with van der Waals surface area (Å²) in [6, 6.07) is 0. The number of carbonyl (C=O) groups is 1. The molecule has 0 unspecified atom stereocenters. The van der Waals surface area contributed by atoms with E-state index < -0.39 is 0 Å². The first-order valence-electron chi connectivity index (χ1n) is 1.73. The van der Waals surface area contributed by atoms with Crippen LogP contribution in [-0.2, 0) is 4.79 Å². The SMILES string of the molecule is O=CC[B]CCl. The van der Waals surface area contributed by atoms with Crippen molar-refractivity contribution in [2.75, 3.05) is 5.78 Å². The van der Waals surface area contributed by atoms with Crippen LogP contribution < -0.4 is 0 Å². The maximum absolute atomic E-state index is 9.47. The fraction of sp³-hybridized carbons (Fsp3) is 0.667. The molecule has 33 valence electrons. The summed E-state index contributed by atoms with van der Waals surface area (Å²) in [4.78, 5) is 9.47. The van der Waals surface area contributed by atoms with Crippen LogP contribution in [0, 0.1) is 0 Å². The molecule has 1 nitrogen and oxygen atoms in total. The number of hydrogen-bond acceptors (Lipinski definition) is 1. The molecule has 0 N–H and O–H groups in total. The lowest BCUT2D eigenvalue weighted by molar-refractivity contribution is -0.106. The zero-order valence-electron chi connectivity index (χ0n) is 3.36. The zero-order chi connectivity index (χ0) is 4.83. The van der Waals surface area contributed by atoms with Crippen molar-refractivity contribution >= 4 is 25.2 Å². The number of carbonyl (C=O) groups excluding carboxylic acids is 1. The first kappa shape index (κ1) is 6.02. The molecule has 0 aliphatic rings. The number of halogens is 1. The van der Waals surface area contributed by atoms with Crippen LogP contribution in [0.2, 0.25) is 6.32 Å². The molecule has 0 aliphatic heterocycles. The lowest BCUT2D eigenvalue weighted by Crippen LogP contribution is -1.89. The predicted molar refractivity (Wildman–Crippen MR) is 27.3 cm³/mol. The highest BCUT2D eigenvalue weighted by Crippen LogP contribution is 1.73. The van der Waals surface area contributed by atoms with Gasteiger partial charge in [-0.05, 0) is 12.1 Å². The minimum Gasteiger partial charge on any atom is -0.304 e. The Morgan fingerprint density at radius 1 is 1.83 bits per heavy atom. The summed E-state index contributed by atoms with van der Waals surface area (Å²) in [6.07, 6.45) is 1.30. The van der Waals surface area contributed by atoms with Crippen molar-refractivity contribution in [2.24, 2.45) is 0 Å². The molecule has 0 saturated carbocycles. The first-order valence-corrected chi connectivity index (χ1v) is 2.26. The lowest BCUT2D eigenvalue weighted by Gasteiger charge is -1.73. The van der Waals surface area contributed by atoms with Crippen LogP contribution in [0.4, 0.5) is 0 Å². The molecule has 0 atom stereocenters. The summed E-state index contributed by atoms with van der Waals surface area (Å²) < 4.78 is 0. The summed E-state index contributed by atoms with van der Waals surface area (Å²) in [5.41, 5.74) is 0. The number of alkyl halides is 1. The molecule has 1 radical (unpaired) electrons. The van der Waals surface area contributed by atoms with Crippen LogP contribution in [0.5, 0.6) is 0 Å². The maximum atomic E-state index is 9.47. The Labute approximate surface area is 42.9 Å². The molecule has 0 amide bonds. The van der Waals surface area contributed by atoms with Gasteiger partial charge < -0.3 is 4.79 Å². The summed E-state index contributed by atoms with van der Waals surface area (Å²) in [5, 5.41) is 0. The van der Waals surface area contributed by atoms with Gasteiger partial charge >= 0.3 is 0 Å². The van der Waals surface area contributed by atoms with E-state index in [2.05, 4.69) is 0 Å². The van der Waals surface area contributed by atoms with E-state index in [9.17, 15) is 4.79 Å². The third-order valence-electron chi connectivity index (χ3n) is 0.372. The van der Waals surface area contributed by atoms with Crippen LogP contribution >= 0.6 is 11.6 Å². The van der Waals surface area contributed by atoms with Crippen molar-refractivity contribution in [1.29, 1.82) is 0 Å². The van der Waals surface area contributed by atoms with E-state index in [0.29, 0.717) is 12.1 Å². The second-order valence-electron chi connectivity index (χ2n) is 0.845. The fourth-order valence-electron chi connectivity index (χ4n) is 0.131. The summed E-state index contributed by atoms with van der Waals surface area (Å²) in [7, 11) is 1.70. The number of aldehydes is 1. The topological polar surface area (TPSA) is 17.1 Å². The molecule has 6 heavy (non-hydrogen) atoms. The van der Waals surface area contributed by atoms with Gasteiger partial charge in [-0.15, -0.1) is 11.6 Å². The highest BCUT2D eigenvalue weighted by Gasteiger charge is 1.80. The molecule has 0 spiro atoms. The third kappa shape index (κ3) is 4.02. The van der Waals surface area contributed by atoms with Crippen molar-refractivity contribution in [3.63, 3.8) is 0 Å². The molecule has 0 bridgehead atoms. The molecular formula is C3H5BClO. The van der Waals surface area contributed by atoms with Crippen molar-refractivity contribution in [2.45, 2.75) is 6.32 Å². The van der Waals surface area contributed by atoms with Gasteiger partial charge in [0.1, 0.15) is 13.6 Å². The normalized spacial score (nSPS) is 7.50. The Balaban J connectivity index is 2.49. The molecule has 0 rings (SSSR count). The largest absolute Gasteiger partial charge is 0.304 e. The molecule has 0 fully saturated rings. The van der Waals surface area contributed by atoms with Crippen LogP contribution in [0.15, 0.2) is 0 Å². The quantitative estimate of drug-likeness (QED) is 0.220. The van der Waals surface area contributed by atoms with Crippen LogP contribution in [-0.4, -0.2) is 19.3 Å². The highest BCUT2D eigenvalue weighted by atomic mass is 35.5. The van der Waals surface area contributed by atoms with E-state index in [1.165, 1.54) is 0 Å². The predicted octanol–water partition coefficient (Wildman–Crippen LogP) is 0.504. The second kappa shape index (κ2) is 5.02. The Kier molecular flexibility index (Phi) is 5.05. The zero-order valence-corrected chi connectivity index (χ0v) is 4.11. The van der Waals surface area contributed by atoms with E-state index in [-0.39, 0.29) is 0 Å². The van der Waals surface area contributed by atoms with Crippen molar-refractivity contribution < 1.29 is 4.79 Å². The molecule has 3 heteroatoms. The van der Waals surface area contributed by atoms with Crippen molar-refractivity contribution in [3.05, 3.63) is 0 Å². The summed E-state index contributed by atoms with van der Waals surface area (Å²) in [6.45, 7) is 0. The average Bonchev–Trinajstić information content (AvgIpc) is 1.61. The van der Waals surface area contributed by atoms with Gasteiger partial charge in [-0.3, -0.25) is 0 Å². The molecule has 0 aromatic carbocycles. The van der Waals surface area contributed by atoms with Gasteiger partial charge in [-0.25, -0.2) is 0 Å². The average molecular weight is 103 g/mol. The van der Waals surface area contributed by atoms with E-state index in [0.717, 1.165) is 6.29 Å². The van der Waals surface area contributed by atoms with E-state index >= 15 is 0 Å². The minimum atomic E-state index is 0.471. The Hall–Kier alpha value is 0.0249. The summed E-state index contributed by atoms with van der Waals surface area (Å²) in [5.74, 6) is 0.471. The lowest BCUT2D eigenvalue weighted by atomic mass is 9.79. The minimum absolute atomic E-state index is 0.471. The molecule has 0 aliphatic carbocycles. The fourth-order valence-corrected chi connectivity index (χ4v) is 0.257. The van der Waals surface area contributed by atoms with Gasteiger partial charge in [0.15, 0.2) is 0 Å². The van der Waals surface area contributed by atoms with Crippen molar-refractivity contribution in [1.82, 2.24) is 0 Å². The van der Waals surface area contributed by atoms with Crippen LogP contribution in [0.25, 0.3) is 0 Å².